The van der Waals surface area contributed by atoms with Gasteiger partial charge in [0.05, 0.1) is 0 Å². The summed E-state index contributed by atoms with van der Waals surface area (Å²) in [5, 5.41) is 1.79. The molecule has 3 rings (SSSR count). The number of rotatable bonds is 6. The summed E-state index contributed by atoms with van der Waals surface area (Å²) in [7, 11) is 0. The molecular formula is C23H28F2O. The van der Waals surface area contributed by atoms with Crippen LogP contribution in [0.5, 0.6) is 5.75 Å². The minimum atomic E-state index is -2.79. The minimum Gasteiger partial charge on any atom is -0.434 e. The molecule has 2 aromatic carbocycles. The van der Waals surface area contributed by atoms with Crippen LogP contribution >= 0.6 is 0 Å². The van der Waals surface area contributed by atoms with E-state index in [1.54, 1.807) is 0 Å². The molecule has 0 saturated heterocycles. The summed E-state index contributed by atoms with van der Waals surface area (Å²) in [4.78, 5) is 0. The third kappa shape index (κ3) is 4.25. The number of aryl methyl sites for hydroxylation is 1. The van der Waals surface area contributed by atoms with Crippen LogP contribution in [0.1, 0.15) is 63.0 Å². The molecule has 0 aromatic heterocycles. The average Bonchev–Trinajstić information content (AvgIpc) is 2.64. The second-order valence-electron chi connectivity index (χ2n) is 7.30. The van der Waals surface area contributed by atoms with Crippen LogP contribution in [0.4, 0.5) is 8.78 Å². The van der Waals surface area contributed by atoms with Crippen molar-refractivity contribution >= 4 is 10.8 Å². The monoisotopic (exact) mass is 358 g/mol. The first-order chi connectivity index (χ1) is 12.6. The third-order valence-electron chi connectivity index (χ3n) is 5.51. The van der Waals surface area contributed by atoms with E-state index in [-0.39, 0.29) is 0 Å². The van der Waals surface area contributed by atoms with E-state index in [9.17, 15) is 8.78 Å². The van der Waals surface area contributed by atoms with E-state index in [1.165, 1.54) is 31.2 Å². The maximum atomic E-state index is 12.9. The molecule has 0 bridgehead atoms. The van der Waals surface area contributed by atoms with E-state index < -0.39 is 6.61 Å². The predicted octanol–water partition coefficient (Wildman–Crippen LogP) is 7.24. The maximum absolute atomic E-state index is 12.9. The molecule has 0 aliphatic heterocycles. The van der Waals surface area contributed by atoms with Gasteiger partial charge in [-0.2, -0.15) is 8.78 Å². The molecule has 1 nitrogen and oxygen atoms in total. The van der Waals surface area contributed by atoms with Crippen molar-refractivity contribution in [2.24, 2.45) is 5.92 Å². The summed E-state index contributed by atoms with van der Waals surface area (Å²) in [6.07, 6.45) is 10.9. The second kappa shape index (κ2) is 8.66. The molecule has 140 valence electrons. The van der Waals surface area contributed by atoms with Crippen molar-refractivity contribution in [3.05, 3.63) is 53.6 Å². The molecule has 1 saturated carbocycles. The van der Waals surface area contributed by atoms with Gasteiger partial charge in [0.25, 0.3) is 0 Å². The molecular weight excluding hydrogens is 330 g/mol. The molecule has 1 aliphatic carbocycles. The fourth-order valence-electron chi connectivity index (χ4n) is 4.23. The first-order valence-electron chi connectivity index (χ1n) is 9.75. The van der Waals surface area contributed by atoms with E-state index >= 15 is 0 Å². The minimum absolute atomic E-state index is 0.350. The lowest BCUT2D eigenvalue weighted by Crippen LogP contribution is -2.11. The fraction of sp³-hybridized carbons (Fsp3) is 0.478. The third-order valence-corrected chi connectivity index (χ3v) is 5.51. The summed E-state index contributed by atoms with van der Waals surface area (Å²) in [6.45, 7) is 1.34. The van der Waals surface area contributed by atoms with Crippen LogP contribution < -0.4 is 4.74 Å². The van der Waals surface area contributed by atoms with Gasteiger partial charge in [-0.05, 0) is 67.4 Å². The standard InChI is InChI=1S/C23H28F2O/c1-3-5-16-7-9-17(10-8-16)19-13-14-21-20(15-19)12-11-18(6-4-2)22(21)26-23(24)25/h3,5,11-17,23H,4,6-10H2,1-2H3/b5-3+. The number of benzene rings is 2. The van der Waals surface area contributed by atoms with Gasteiger partial charge in [-0.25, -0.2) is 0 Å². The highest BCUT2D eigenvalue weighted by Crippen LogP contribution is 2.39. The van der Waals surface area contributed by atoms with Crippen LogP contribution in [0.2, 0.25) is 0 Å². The molecule has 0 heterocycles. The zero-order chi connectivity index (χ0) is 18.5. The zero-order valence-corrected chi connectivity index (χ0v) is 15.7. The van der Waals surface area contributed by atoms with Crippen molar-refractivity contribution in [2.75, 3.05) is 0 Å². The lowest BCUT2D eigenvalue weighted by molar-refractivity contribution is -0.0493. The summed E-state index contributed by atoms with van der Waals surface area (Å²) >= 11 is 0. The SMILES string of the molecule is C/C=C/C1CCC(c2ccc3c(OC(F)F)c(CCC)ccc3c2)CC1. The van der Waals surface area contributed by atoms with Crippen LogP contribution in [0, 0.1) is 5.92 Å². The van der Waals surface area contributed by atoms with Gasteiger partial charge in [0.15, 0.2) is 0 Å². The van der Waals surface area contributed by atoms with E-state index in [2.05, 4.69) is 31.2 Å². The number of halogens is 2. The zero-order valence-electron chi connectivity index (χ0n) is 15.7. The largest absolute Gasteiger partial charge is 0.434 e. The smallest absolute Gasteiger partial charge is 0.387 e. The number of alkyl halides is 2. The first-order valence-corrected chi connectivity index (χ1v) is 9.75. The van der Waals surface area contributed by atoms with E-state index in [1.807, 2.05) is 25.1 Å². The second-order valence-corrected chi connectivity index (χ2v) is 7.30. The predicted molar refractivity (Wildman–Crippen MR) is 104 cm³/mol. The summed E-state index contributed by atoms with van der Waals surface area (Å²) in [5.41, 5.74) is 2.18. The Morgan fingerprint density at radius 2 is 1.88 bits per heavy atom. The molecule has 2 aromatic rings. The first kappa shape index (κ1) is 18.9. The van der Waals surface area contributed by atoms with Crippen LogP contribution in [0.25, 0.3) is 10.8 Å². The van der Waals surface area contributed by atoms with E-state index in [0.29, 0.717) is 17.6 Å². The highest BCUT2D eigenvalue weighted by Gasteiger charge is 2.21. The Kier molecular flexibility index (Phi) is 6.29. The van der Waals surface area contributed by atoms with Gasteiger partial charge in [0, 0.05) is 5.39 Å². The summed E-state index contributed by atoms with van der Waals surface area (Å²) < 4.78 is 30.7. The molecule has 0 radical (unpaired) electrons. The average molecular weight is 358 g/mol. The fourth-order valence-corrected chi connectivity index (χ4v) is 4.23. The Labute approximate surface area is 155 Å². The number of ether oxygens (including phenoxy) is 1. The van der Waals surface area contributed by atoms with Crippen molar-refractivity contribution in [3.8, 4) is 5.75 Å². The Hall–Kier alpha value is -1.90. The number of allylic oxidation sites excluding steroid dienone is 2. The Morgan fingerprint density at radius 3 is 2.54 bits per heavy atom. The Balaban J connectivity index is 1.88. The van der Waals surface area contributed by atoms with E-state index in [4.69, 9.17) is 4.74 Å². The molecule has 26 heavy (non-hydrogen) atoms. The van der Waals surface area contributed by atoms with E-state index in [0.717, 1.165) is 29.2 Å². The van der Waals surface area contributed by atoms with Crippen LogP contribution in [-0.2, 0) is 6.42 Å². The van der Waals surface area contributed by atoms with Gasteiger partial charge in [-0.15, -0.1) is 0 Å². The Morgan fingerprint density at radius 1 is 1.12 bits per heavy atom. The number of hydrogen-bond acceptors (Lipinski definition) is 1. The van der Waals surface area contributed by atoms with Crippen molar-refractivity contribution in [1.82, 2.24) is 0 Å². The van der Waals surface area contributed by atoms with Gasteiger partial charge in [0.1, 0.15) is 5.75 Å². The quantitative estimate of drug-likeness (QED) is 0.494. The molecule has 1 fully saturated rings. The van der Waals surface area contributed by atoms with Gasteiger partial charge >= 0.3 is 6.61 Å². The number of fused-ring (bicyclic) bond motifs is 1. The molecule has 3 heteroatoms. The van der Waals surface area contributed by atoms with Crippen molar-refractivity contribution in [3.63, 3.8) is 0 Å². The maximum Gasteiger partial charge on any atom is 0.387 e. The molecule has 0 N–H and O–H groups in total. The van der Waals surface area contributed by atoms with Crippen molar-refractivity contribution < 1.29 is 13.5 Å². The van der Waals surface area contributed by atoms with Crippen LogP contribution in [-0.4, -0.2) is 6.61 Å². The van der Waals surface area contributed by atoms with Gasteiger partial charge < -0.3 is 4.74 Å². The molecule has 0 amide bonds. The summed E-state index contributed by atoms with van der Waals surface area (Å²) in [5.74, 6) is 1.62. The van der Waals surface area contributed by atoms with Gasteiger partial charge in [-0.1, -0.05) is 55.8 Å². The summed E-state index contributed by atoms with van der Waals surface area (Å²) in [6, 6.07) is 10.2. The molecule has 0 unspecified atom stereocenters. The molecule has 0 atom stereocenters. The highest BCUT2D eigenvalue weighted by atomic mass is 19.3. The topological polar surface area (TPSA) is 9.23 Å². The highest BCUT2D eigenvalue weighted by molar-refractivity contribution is 5.90. The molecule has 0 spiro atoms. The van der Waals surface area contributed by atoms with Crippen molar-refractivity contribution in [2.45, 2.75) is 64.9 Å². The van der Waals surface area contributed by atoms with Crippen molar-refractivity contribution in [1.29, 1.82) is 0 Å². The van der Waals surface area contributed by atoms with Gasteiger partial charge in [0.2, 0.25) is 0 Å². The lowest BCUT2D eigenvalue weighted by Gasteiger charge is -2.27. The Bertz CT molecular complexity index is 758. The van der Waals surface area contributed by atoms with Gasteiger partial charge in [-0.3, -0.25) is 0 Å². The van der Waals surface area contributed by atoms with Crippen LogP contribution in [0.15, 0.2) is 42.5 Å². The lowest BCUT2D eigenvalue weighted by atomic mass is 9.78. The van der Waals surface area contributed by atoms with Crippen LogP contribution in [0.3, 0.4) is 0 Å². The molecule has 1 aliphatic rings. The number of hydrogen-bond donors (Lipinski definition) is 0. The normalized spacial score (nSPS) is 21.0.